The number of nitrogens with one attached hydrogen (secondary N) is 2. The first-order chi connectivity index (χ1) is 16.0. The highest BCUT2D eigenvalue weighted by Crippen LogP contribution is 2.24. The Morgan fingerprint density at radius 3 is 1.94 bits per heavy atom. The first-order valence-electron chi connectivity index (χ1n) is 11.0. The molecule has 168 valence electrons. The Hall–Kier alpha value is -3.93. The van der Waals surface area contributed by atoms with E-state index < -0.39 is 17.5 Å². The largest absolute Gasteiger partial charge is 0.344 e. The third kappa shape index (κ3) is 5.12. The van der Waals surface area contributed by atoms with E-state index in [0.717, 1.165) is 21.6 Å². The van der Waals surface area contributed by atoms with Gasteiger partial charge in [-0.25, -0.2) is 4.79 Å². The average Bonchev–Trinajstić information content (AvgIpc) is 3.06. The first-order valence-corrected chi connectivity index (χ1v) is 11.0. The maximum Gasteiger partial charge on any atom is 0.325 e. The van der Waals surface area contributed by atoms with Crippen LogP contribution in [0.3, 0.4) is 0 Å². The van der Waals surface area contributed by atoms with Crippen LogP contribution >= 0.6 is 0 Å². The SMILES string of the molecule is CC1(CCc2ccccc2)NC(=O)N(CC(=O)NC(c2ccccc2)c2ccccc2)C1=O. The molecular formula is C27H27N3O3. The Kier molecular flexibility index (Phi) is 6.54. The van der Waals surface area contributed by atoms with E-state index in [0.29, 0.717) is 12.8 Å². The van der Waals surface area contributed by atoms with E-state index in [4.69, 9.17) is 0 Å². The number of amides is 4. The normalized spacial score (nSPS) is 17.8. The maximum absolute atomic E-state index is 13.1. The van der Waals surface area contributed by atoms with Crippen LogP contribution in [0.25, 0.3) is 0 Å². The summed E-state index contributed by atoms with van der Waals surface area (Å²) in [6.45, 7) is 1.38. The molecular weight excluding hydrogens is 414 g/mol. The number of urea groups is 1. The highest BCUT2D eigenvalue weighted by atomic mass is 16.2. The predicted octanol–water partition coefficient (Wildman–Crippen LogP) is 3.84. The fraction of sp³-hybridized carbons (Fsp3) is 0.222. The van der Waals surface area contributed by atoms with Gasteiger partial charge >= 0.3 is 6.03 Å². The van der Waals surface area contributed by atoms with E-state index >= 15 is 0 Å². The van der Waals surface area contributed by atoms with E-state index in [9.17, 15) is 14.4 Å². The third-order valence-corrected chi connectivity index (χ3v) is 5.97. The number of rotatable bonds is 8. The van der Waals surface area contributed by atoms with Crippen LogP contribution in [0, 0.1) is 0 Å². The number of carbonyl (C=O) groups excluding carboxylic acids is 3. The van der Waals surface area contributed by atoms with E-state index in [1.165, 1.54) is 0 Å². The summed E-state index contributed by atoms with van der Waals surface area (Å²) in [7, 11) is 0. The molecule has 0 spiro atoms. The molecule has 0 saturated carbocycles. The van der Waals surface area contributed by atoms with Crippen molar-refractivity contribution in [2.45, 2.75) is 31.3 Å². The second-order valence-corrected chi connectivity index (χ2v) is 8.46. The van der Waals surface area contributed by atoms with Gasteiger partial charge in [-0.05, 0) is 36.5 Å². The van der Waals surface area contributed by atoms with Crippen LogP contribution in [0.1, 0.15) is 36.1 Å². The quantitative estimate of drug-likeness (QED) is 0.522. The van der Waals surface area contributed by atoms with Crippen molar-refractivity contribution in [1.29, 1.82) is 0 Å². The van der Waals surface area contributed by atoms with Gasteiger partial charge in [-0.15, -0.1) is 0 Å². The lowest BCUT2D eigenvalue weighted by atomic mass is 9.93. The summed E-state index contributed by atoms with van der Waals surface area (Å²) in [5, 5.41) is 5.77. The second-order valence-electron chi connectivity index (χ2n) is 8.46. The van der Waals surface area contributed by atoms with Gasteiger partial charge in [0, 0.05) is 0 Å². The zero-order chi connectivity index (χ0) is 23.3. The molecule has 33 heavy (non-hydrogen) atoms. The molecule has 1 aliphatic rings. The van der Waals surface area contributed by atoms with Crippen molar-refractivity contribution in [2.24, 2.45) is 0 Å². The summed E-state index contributed by atoms with van der Waals surface area (Å²) in [5.74, 6) is -0.780. The van der Waals surface area contributed by atoms with E-state index in [1.807, 2.05) is 91.0 Å². The molecule has 6 nitrogen and oxygen atoms in total. The van der Waals surface area contributed by atoms with Gasteiger partial charge in [0.1, 0.15) is 12.1 Å². The molecule has 4 amide bonds. The van der Waals surface area contributed by atoms with Crippen LogP contribution < -0.4 is 10.6 Å². The van der Waals surface area contributed by atoms with Gasteiger partial charge in [0.05, 0.1) is 6.04 Å². The van der Waals surface area contributed by atoms with Crippen molar-refractivity contribution >= 4 is 17.8 Å². The summed E-state index contributed by atoms with van der Waals surface area (Å²) in [4.78, 5) is 39.6. The number of imide groups is 1. The smallest absolute Gasteiger partial charge is 0.325 e. The van der Waals surface area contributed by atoms with Gasteiger partial charge in [0.15, 0.2) is 0 Å². The molecule has 1 aliphatic heterocycles. The molecule has 3 aromatic carbocycles. The molecule has 1 heterocycles. The highest BCUT2D eigenvalue weighted by Gasteiger charge is 2.47. The van der Waals surface area contributed by atoms with Crippen molar-refractivity contribution in [3.8, 4) is 0 Å². The van der Waals surface area contributed by atoms with Crippen LogP contribution in [-0.4, -0.2) is 34.8 Å². The van der Waals surface area contributed by atoms with Crippen molar-refractivity contribution in [3.63, 3.8) is 0 Å². The average molecular weight is 442 g/mol. The molecule has 0 aliphatic carbocycles. The standard InChI is InChI=1S/C27H27N3O3/c1-27(18-17-20-11-5-2-6-12-20)25(32)30(26(33)29-27)19-23(31)28-24(21-13-7-3-8-14-21)22-15-9-4-10-16-22/h2-16,24H,17-19H2,1H3,(H,28,31)(H,29,33). The van der Waals surface area contributed by atoms with Crippen LogP contribution in [0.2, 0.25) is 0 Å². The fourth-order valence-electron chi connectivity index (χ4n) is 4.10. The van der Waals surface area contributed by atoms with Gasteiger partial charge in [-0.2, -0.15) is 0 Å². The zero-order valence-electron chi connectivity index (χ0n) is 18.5. The second kappa shape index (κ2) is 9.69. The minimum Gasteiger partial charge on any atom is -0.344 e. The summed E-state index contributed by atoms with van der Waals surface area (Å²) in [6.07, 6.45) is 1.10. The molecule has 1 fully saturated rings. The lowest BCUT2D eigenvalue weighted by Crippen LogP contribution is -2.45. The van der Waals surface area contributed by atoms with Gasteiger partial charge in [0.2, 0.25) is 5.91 Å². The molecule has 0 bridgehead atoms. The van der Waals surface area contributed by atoms with Crippen molar-refractivity contribution in [3.05, 3.63) is 108 Å². The highest BCUT2D eigenvalue weighted by molar-refractivity contribution is 6.08. The Balaban J connectivity index is 1.44. The number of benzene rings is 3. The minimum atomic E-state index is -1.04. The van der Waals surface area contributed by atoms with Crippen LogP contribution in [0.15, 0.2) is 91.0 Å². The maximum atomic E-state index is 13.1. The predicted molar refractivity (Wildman–Crippen MR) is 126 cm³/mol. The Morgan fingerprint density at radius 2 is 1.39 bits per heavy atom. The zero-order valence-corrected chi connectivity index (χ0v) is 18.5. The van der Waals surface area contributed by atoms with Crippen molar-refractivity contribution in [2.75, 3.05) is 6.54 Å². The number of hydrogen-bond donors (Lipinski definition) is 2. The summed E-state index contributed by atoms with van der Waals surface area (Å²) >= 11 is 0. The number of hydrogen-bond acceptors (Lipinski definition) is 3. The first kappa shape index (κ1) is 22.3. The Morgan fingerprint density at radius 1 is 0.879 bits per heavy atom. The monoisotopic (exact) mass is 441 g/mol. The van der Waals surface area contributed by atoms with Gasteiger partial charge in [-0.1, -0.05) is 91.0 Å². The molecule has 6 heteroatoms. The lowest BCUT2D eigenvalue weighted by molar-refractivity contribution is -0.134. The third-order valence-electron chi connectivity index (χ3n) is 5.97. The van der Waals surface area contributed by atoms with Crippen molar-refractivity contribution in [1.82, 2.24) is 15.5 Å². The van der Waals surface area contributed by atoms with Crippen LogP contribution in [0.4, 0.5) is 4.79 Å². The van der Waals surface area contributed by atoms with E-state index in [1.54, 1.807) is 6.92 Å². The van der Waals surface area contributed by atoms with Gasteiger partial charge in [-0.3, -0.25) is 14.5 Å². The number of aryl methyl sites for hydroxylation is 1. The summed E-state index contributed by atoms with van der Waals surface area (Å²) in [5.41, 5.74) is 1.89. The summed E-state index contributed by atoms with van der Waals surface area (Å²) < 4.78 is 0. The summed E-state index contributed by atoms with van der Waals surface area (Å²) in [6, 6.07) is 28.1. The van der Waals surface area contributed by atoms with Gasteiger partial charge in [0.25, 0.3) is 5.91 Å². The Bertz CT molecular complexity index is 1080. The number of nitrogens with zero attached hydrogens (tertiary/aromatic N) is 1. The van der Waals surface area contributed by atoms with Crippen LogP contribution in [-0.2, 0) is 16.0 Å². The lowest BCUT2D eigenvalue weighted by Gasteiger charge is -2.23. The molecule has 0 radical (unpaired) electrons. The number of carbonyl (C=O) groups is 3. The molecule has 4 rings (SSSR count). The van der Waals surface area contributed by atoms with Crippen molar-refractivity contribution < 1.29 is 14.4 Å². The topological polar surface area (TPSA) is 78.5 Å². The van der Waals surface area contributed by atoms with Crippen LogP contribution in [0.5, 0.6) is 0 Å². The van der Waals surface area contributed by atoms with E-state index in [-0.39, 0.29) is 18.5 Å². The van der Waals surface area contributed by atoms with E-state index in [2.05, 4.69) is 10.6 Å². The molecule has 2 N–H and O–H groups in total. The molecule has 1 atom stereocenters. The van der Waals surface area contributed by atoms with Gasteiger partial charge < -0.3 is 10.6 Å². The Labute approximate surface area is 193 Å². The fourth-order valence-corrected chi connectivity index (χ4v) is 4.10. The minimum absolute atomic E-state index is 0.332. The molecule has 3 aromatic rings. The molecule has 1 unspecified atom stereocenters. The molecule has 0 aromatic heterocycles. The molecule has 1 saturated heterocycles.